The number of rotatable bonds is 5. The predicted molar refractivity (Wildman–Crippen MR) is 88.7 cm³/mol. The summed E-state index contributed by atoms with van der Waals surface area (Å²) in [6.45, 7) is 2.73. The molecule has 0 aliphatic rings. The molecule has 0 saturated heterocycles. The molecular weight excluding hydrogens is 308 g/mol. The van der Waals surface area contributed by atoms with E-state index in [1.54, 1.807) is 17.4 Å². The summed E-state index contributed by atoms with van der Waals surface area (Å²) >= 11 is 1.59. The Hall–Kier alpha value is -2.49. The molecule has 0 saturated carbocycles. The second-order valence-corrected chi connectivity index (χ2v) is 6.28. The van der Waals surface area contributed by atoms with Crippen LogP contribution in [0.3, 0.4) is 0 Å². The van der Waals surface area contributed by atoms with Gasteiger partial charge in [-0.25, -0.2) is 0 Å². The molecular formula is C17H16N4OS. The fourth-order valence-electron chi connectivity index (χ4n) is 2.26. The van der Waals surface area contributed by atoms with Gasteiger partial charge in [0.2, 0.25) is 11.7 Å². The third-order valence-electron chi connectivity index (χ3n) is 3.69. The minimum Gasteiger partial charge on any atom is -0.337 e. The van der Waals surface area contributed by atoms with E-state index in [9.17, 15) is 0 Å². The van der Waals surface area contributed by atoms with Crippen molar-refractivity contribution in [3.05, 3.63) is 58.8 Å². The SMILES string of the molecule is CC(c1nc(-c2cccs2)no1)N(C)Cc1cccc(C#N)c1. The van der Waals surface area contributed by atoms with Gasteiger partial charge in [-0.1, -0.05) is 23.4 Å². The first kappa shape index (κ1) is 15.4. The molecule has 0 spiro atoms. The second kappa shape index (κ2) is 6.73. The van der Waals surface area contributed by atoms with Crippen LogP contribution in [0.5, 0.6) is 0 Å². The van der Waals surface area contributed by atoms with Gasteiger partial charge in [0.25, 0.3) is 0 Å². The zero-order chi connectivity index (χ0) is 16.2. The molecule has 6 heteroatoms. The third kappa shape index (κ3) is 3.47. The topological polar surface area (TPSA) is 66.0 Å². The Labute approximate surface area is 138 Å². The second-order valence-electron chi connectivity index (χ2n) is 5.34. The molecule has 0 amide bonds. The van der Waals surface area contributed by atoms with E-state index in [0.717, 1.165) is 10.4 Å². The predicted octanol–water partition coefficient (Wildman–Crippen LogP) is 3.86. The standard InChI is InChI=1S/C17H16N4OS/c1-12(17-19-16(20-22-17)15-7-4-8-23-15)21(2)11-14-6-3-5-13(9-14)10-18/h3-9,12H,11H2,1-2H3. The third-order valence-corrected chi connectivity index (χ3v) is 4.56. The molecule has 1 aromatic carbocycles. The monoisotopic (exact) mass is 324 g/mol. The first-order valence-corrected chi connectivity index (χ1v) is 8.12. The molecule has 1 unspecified atom stereocenters. The van der Waals surface area contributed by atoms with Crippen molar-refractivity contribution in [3.8, 4) is 16.8 Å². The van der Waals surface area contributed by atoms with Gasteiger partial charge in [-0.2, -0.15) is 10.2 Å². The highest BCUT2D eigenvalue weighted by Crippen LogP contribution is 2.25. The van der Waals surface area contributed by atoms with Crippen molar-refractivity contribution in [1.29, 1.82) is 5.26 Å². The summed E-state index contributed by atoms with van der Waals surface area (Å²) in [5.74, 6) is 1.22. The van der Waals surface area contributed by atoms with E-state index in [2.05, 4.69) is 21.1 Å². The Morgan fingerprint density at radius 3 is 2.96 bits per heavy atom. The van der Waals surface area contributed by atoms with Crippen LogP contribution in [0.2, 0.25) is 0 Å². The maximum Gasteiger partial charge on any atom is 0.244 e. The summed E-state index contributed by atoms with van der Waals surface area (Å²) in [5, 5.41) is 15.0. The molecule has 2 aromatic heterocycles. The van der Waals surface area contributed by atoms with E-state index in [1.807, 2.05) is 49.7 Å². The highest BCUT2D eigenvalue weighted by atomic mass is 32.1. The fraction of sp³-hybridized carbons (Fsp3) is 0.235. The van der Waals surface area contributed by atoms with E-state index in [0.29, 0.717) is 23.8 Å². The van der Waals surface area contributed by atoms with Crippen LogP contribution in [0.15, 0.2) is 46.3 Å². The molecule has 2 heterocycles. The normalized spacial score (nSPS) is 12.3. The molecule has 5 nitrogen and oxygen atoms in total. The van der Waals surface area contributed by atoms with Crippen molar-refractivity contribution in [2.24, 2.45) is 0 Å². The quantitative estimate of drug-likeness (QED) is 0.713. The minimum atomic E-state index is -0.0121. The van der Waals surface area contributed by atoms with Gasteiger partial charge in [0.15, 0.2) is 0 Å². The summed E-state index contributed by atoms with van der Waals surface area (Å²) in [4.78, 5) is 7.60. The Morgan fingerprint density at radius 1 is 1.35 bits per heavy atom. The zero-order valence-corrected chi connectivity index (χ0v) is 13.7. The van der Waals surface area contributed by atoms with Crippen LogP contribution in [0, 0.1) is 11.3 Å². The number of thiophene rings is 1. The Bertz CT molecular complexity index is 819. The number of aromatic nitrogens is 2. The Morgan fingerprint density at radius 2 is 2.22 bits per heavy atom. The number of nitrogens with zero attached hydrogens (tertiary/aromatic N) is 4. The van der Waals surface area contributed by atoms with Crippen LogP contribution < -0.4 is 0 Å². The first-order chi connectivity index (χ1) is 11.2. The van der Waals surface area contributed by atoms with Crippen LogP contribution in [0.4, 0.5) is 0 Å². The molecule has 1 atom stereocenters. The molecule has 23 heavy (non-hydrogen) atoms. The van der Waals surface area contributed by atoms with Crippen molar-refractivity contribution in [3.63, 3.8) is 0 Å². The van der Waals surface area contributed by atoms with Gasteiger partial charge in [-0.05, 0) is 43.1 Å². The molecule has 3 rings (SSSR count). The minimum absolute atomic E-state index is 0.0121. The van der Waals surface area contributed by atoms with Gasteiger partial charge in [0, 0.05) is 6.54 Å². The van der Waals surface area contributed by atoms with Crippen LogP contribution in [0.25, 0.3) is 10.7 Å². The van der Waals surface area contributed by atoms with Gasteiger partial charge >= 0.3 is 0 Å². The fourth-order valence-corrected chi connectivity index (χ4v) is 2.91. The number of hydrogen-bond donors (Lipinski definition) is 0. The molecule has 0 aliphatic carbocycles. The van der Waals surface area contributed by atoms with Crippen LogP contribution in [-0.4, -0.2) is 22.1 Å². The lowest BCUT2D eigenvalue weighted by Crippen LogP contribution is -2.22. The van der Waals surface area contributed by atoms with Gasteiger partial charge in [0.1, 0.15) is 0 Å². The van der Waals surface area contributed by atoms with E-state index < -0.39 is 0 Å². The molecule has 0 aliphatic heterocycles. The Balaban J connectivity index is 1.72. The summed E-state index contributed by atoms with van der Waals surface area (Å²) in [5.41, 5.74) is 1.75. The van der Waals surface area contributed by atoms with E-state index in [-0.39, 0.29) is 6.04 Å². The van der Waals surface area contributed by atoms with Crippen molar-refractivity contribution in [1.82, 2.24) is 15.0 Å². The van der Waals surface area contributed by atoms with E-state index >= 15 is 0 Å². The maximum absolute atomic E-state index is 8.98. The molecule has 0 N–H and O–H groups in total. The number of hydrogen-bond acceptors (Lipinski definition) is 6. The summed E-state index contributed by atoms with van der Waals surface area (Å²) < 4.78 is 5.41. The van der Waals surface area contributed by atoms with Crippen molar-refractivity contribution < 1.29 is 4.52 Å². The molecule has 0 bridgehead atoms. The summed E-state index contributed by atoms with van der Waals surface area (Å²) in [6, 6.07) is 13.7. The van der Waals surface area contributed by atoms with Gasteiger partial charge in [0.05, 0.1) is 22.6 Å². The van der Waals surface area contributed by atoms with Gasteiger partial charge < -0.3 is 4.52 Å². The summed E-state index contributed by atoms with van der Waals surface area (Å²) in [6.07, 6.45) is 0. The average Bonchev–Trinajstić information content (AvgIpc) is 3.25. The average molecular weight is 324 g/mol. The maximum atomic E-state index is 8.98. The van der Waals surface area contributed by atoms with Gasteiger partial charge in [-0.3, -0.25) is 4.90 Å². The number of nitriles is 1. The Kier molecular flexibility index (Phi) is 4.51. The smallest absolute Gasteiger partial charge is 0.244 e. The van der Waals surface area contributed by atoms with Crippen molar-refractivity contribution >= 4 is 11.3 Å². The molecule has 0 fully saturated rings. The first-order valence-electron chi connectivity index (χ1n) is 7.24. The van der Waals surface area contributed by atoms with Crippen LogP contribution in [-0.2, 0) is 6.54 Å². The van der Waals surface area contributed by atoms with E-state index in [1.165, 1.54) is 0 Å². The van der Waals surface area contributed by atoms with Crippen molar-refractivity contribution in [2.75, 3.05) is 7.05 Å². The largest absolute Gasteiger partial charge is 0.337 e. The van der Waals surface area contributed by atoms with E-state index in [4.69, 9.17) is 9.78 Å². The lowest BCUT2D eigenvalue weighted by atomic mass is 10.1. The summed E-state index contributed by atoms with van der Waals surface area (Å²) in [7, 11) is 2.00. The molecule has 3 aromatic rings. The lowest BCUT2D eigenvalue weighted by Gasteiger charge is -2.21. The van der Waals surface area contributed by atoms with Crippen molar-refractivity contribution in [2.45, 2.75) is 19.5 Å². The zero-order valence-electron chi connectivity index (χ0n) is 12.9. The highest BCUT2D eigenvalue weighted by Gasteiger charge is 2.19. The van der Waals surface area contributed by atoms with Gasteiger partial charge in [-0.15, -0.1) is 11.3 Å². The lowest BCUT2D eigenvalue weighted by molar-refractivity contribution is 0.202. The van der Waals surface area contributed by atoms with Crippen LogP contribution in [0.1, 0.15) is 30.0 Å². The molecule has 116 valence electrons. The van der Waals surface area contributed by atoms with Crippen LogP contribution >= 0.6 is 11.3 Å². The highest BCUT2D eigenvalue weighted by molar-refractivity contribution is 7.13. The number of benzene rings is 1. The molecule has 0 radical (unpaired) electrons.